The summed E-state index contributed by atoms with van der Waals surface area (Å²) in [4.78, 5) is 24.9. The Morgan fingerprint density at radius 1 is 0.912 bits per heavy atom. The van der Waals surface area contributed by atoms with E-state index in [2.05, 4.69) is 10.5 Å². The van der Waals surface area contributed by atoms with Crippen LogP contribution in [-0.2, 0) is 0 Å². The van der Waals surface area contributed by atoms with Crippen LogP contribution in [0.15, 0.2) is 84.0 Å². The fourth-order valence-electron chi connectivity index (χ4n) is 3.33. The monoisotopic (exact) mass is 454 g/mol. The SMILES string of the molecule is COc1cc(/C=N\NC(=O)c2cc3ccccc3cc2O)ccc1OC(=O)c1ccc(C)cc1. The second kappa shape index (κ2) is 9.87. The third kappa shape index (κ3) is 5.05. The average molecular weight is 454 g/mol. The number of carbonyl (C=O) groups is 2. The van der Waals surface area contributed by atoms with Crippen LogP contribution in [0.5, 0.6) is 17.2 Å². The number of amides is 1. The quantitative estimate of drug-likeness (QED) is 0.188. The number of esters is 1. The molecule has 0 fully saturated rings. The number of aryl methyl sites for hydroxylation is 1. The normalized spacial score (nSPS) is 10.9. The smallest absolute Gasteiger partial charge is 0.343 e. The lowest BCUT2D eigenvalue weighted by atomic mass is 10.1. The first kappa shape index (κ1) is 22.5. The molecule has 1 amide bonds. The van der Waals surface area contributed by atoms with E-state index in [0.29, 0.717) is 16.9 Å². The number of phenols is 1. The zero-order valence-electron chi connectivity index (χ0n) is 18.6. The number of hydrazone groups is 1. The van der Waals surface area contributed by atoms with Crippen molar-refractivity contribution in [1.29, 1.82) is 0 Å². The number of fused-ring (bicyclic) bond motifs is 1. The first-order chi connectivity index (χ1) is 16.4. The zero-order valence-corrected chi connectivity index (χ0v) is 18.6. The standard InChI is InChI=1S/C27H22N2O5/c1-17-7-10-19(11-8-17)27(32)34-24-12-9-18(13-25(24)33-2)16-28-29-26(31)22-14-20-5-3-4-6-21(20)15-23(22)30/h3-16,30H,1-2H3,(H,29,31)/b28-16-. The number of phenolic OH excluding ortho intramolecular Hbond substituents is 1. The van der Waals surface area contributed by atoms with Crippen LogP contribution in [0.3, 0.4) is 0 Å². The number of ether oxygens (including phenoxy) is 2. The third-order valence-corrected chi connectivity index (χ3v) is 5.17. The van der Waals surface area contributed by atoms with Crippen LogP contribution in [-0.4, -0.2) is 30.3 Å². The van der Waals surface area contributed by atoms with Crippen molar-refractivity contribution in [2.24, 2.45) is 5.10 Å². The molecular formula is C27H22N2O5. The van der Waals surface area contributed by atoms with Crippen molar-refractivity contribution in [2.45, 2.75) is 6.92 Å². The number of benzene rings is 4. The number of hydrogen-bond acceptors (Lipinski definition) is 6. The molecule has 34 heavy (non-hydrogen) atoms. The zero-order chi connectivity index (χ0) is 24.1. The van der Waals surface area contributed by atoms with E-state index < -0.39 is 11.9 Å². The van der Waals surface area contributed by atoms with Crippen LogP contribution in [0, 0.1) is 6.92 Å². The molecule has 0 spiro atoms. The van der Waals surface area contributed by atoms with E-state index in [4.69, 9.17) is 9.47 Å². The van der Waals surface area contributed by atoms with Gasteiger partial charge in [-0.15, -0.1) is 0 Å². The molecule has 4 aromatic rings. The second-order valence-electron chi connectivity index (χ2n) is 7.58. The predicted molar refractivity (Wildman–Crippen MR) is 130 cm³/mol. The average Bonchev–Trinajstić information content (AvgIpc) is 2.84. The summed E-state index contributed by atoms with van der Waals surface area (Å²) >= 11 is 0. The first-order valence-electron chi connectivity index (χ1n) is 10.5. The maximum Gasteiger partial charge on any atom is 0.343 e. The van der Waals surface area contributed by atoms with E-state index in [1.54, 1.807) is 36.4 Å². The van der Waals surface area contributed by atoms with Crippen molar-refractivity contribution >= 4 is 28.9 Å². The highest BCUT2D eigenvalue weighted by atomic mass is 16.6. The van der Waals surface area contributed by atoms with E-state index in [9.17, 15) is 14.7 Å². The maximum atomic E-state index is 12.5. The minimum Gasteiger partial charge on any atom is -0.507 e. The van der Waals surface area contributed by atoms with Gasteiger partial charge in [0.25, 0.3) is 5.91 Å². The molecule has 0 aliphatic rings. The molecule has 0 aromatic heterocycles. The molecule has 4 rings (SSSR count). The Balaban J connectivity index is 1.45. The molecule has 7 heteroatoms. The molecule has 0 atom stereocenters. The van der Waals surface area contributed by atoms with Crippen molar-refractivity contribution in [3.05, 3.63) is 101 Å². The lowest BCUT2D eigenvalue weighted by Crippen LogP contribution is -2.17. The Morgan fingerprint density at radius 2 is 1.62 bits per heavy atom. The van der Waals surface area contributed by atoms with Gasteiger partial charge in [0.05, 0.1) is 24.5 Å². The van der Waals surface area contributed by atoms with Crippen molar-refractivity contribution < 1.29 is 24.2 Å². The number of nitrogens with zero attached hydrogens (tertiary/aromatic N) is 1. The van der Waals surface area contributed by atoms with E-state index in [1.807, 2.05) is 43.3 Å². The number of methoxy groups -OCH3 is 1. The highest BCUT2D eigenvalue weighted by Crippen LogP contribution is 2.28. The fraction of sp³-hybridized carbons (Fsp3) is 0.0741. The van der Waals surface area contributed by atoms with Gasteiger partial charge in [0, 0.05) is 0 Å². The van der Waals surface area contributed by atoms with E-state index in [1.165, 1.54) is 19.4 Å². The summed E-state index contributed by atoms with van der Waals surface area (Å²) in [6.07, 6.45) is 1.42. The van der Waals surface area contributed by atoms with Gasteiger partial charge in [-0.1, -0.05) is 42.0 Å². The molecule has 0 aliphatic heterocycles. The molecule has 0 radical (unpaired) electrons. The van der Waals surface area contributed by atoms with Gasteiger partial charge in [-0.05, 0) is 65.7 Å². The van der Waals surface area contributed by atoms with Gasteiger partial charge in [0.1, 0.15) is 5.75 Å². The predicted octanol–water partition coefficient (Wildman–Crippen LogP) is 4.85. The summed E-state index contributed by atoms with van der Waals surface area (Å²) < 4.78 is 10.8. The summed E-state index contributed by atoms with van der Waals surface area (Å²) in [6.45, 7) is 1.94. The number of rotatable bonds is 6. The molecule has 0 unspecified atom stereocenters. The van der Waals surface area contributed by atoms with Crippen molar-refractivity contribution in [2.75, 3.05) is 7.11 Å². The number of hydrogen-bond donors (Lipinski definition) is 2. The largest absolute Gasteiger partial charge is 0.507 e. The van der Waals surface area contributed by atoms with Crippen LogP contribution in [0.1, 0.15) is 31.8 Å². The molecule has 0 saturated heterocycles. The Bertz CT molecular complexity index is 1390. The summed E-state index contributed by atoms with van der Waals surface area (Å²) in [5.74, 6) is -0.580. The van der Waals surface area contributed by atoms with E-state index in [-0.39, 0.29) is 17.1 Å². The molecule has 2 N–H and O–H groups in total. The number of nitrogens with one attached hydrogen (secondary N) is 1. The molecule has 0 saturated carbocycles. The number of aromatic hydroxyl groups is 1. The summed E-state index contributed by atoms with van der Waals surface area (Å²) in [5, 5.41) is 15.8. The third-order valence-electron chi connectivity index (χ3n) is 5.17. The van der Waals surface area contributed by atoms with Gasteiger partial charge in [0.2, 0.25) is 0 Å². The molecule has 7 nitrogen and oxygen atoms in total. The molecule has 0 bridgehead atoms. The molecule has 0 heterocycles. The summed E-state index contributed by atoms with van der Waals surface area (Å²) in [5.41, 5.74) is 4.60. The van der Waals surface area contributed by atoms with Crippen LogP contribution < -0.4 is 14.9 Å². The van der Waals surface area contributed by atoms with Crippen molar-refractivity contribution in [3.8, 4) is 17.2 Å². The van der Waals surface area contributed by atoms with Gasteiger partial charge >= 0.3 is 5.97 Å². The Kier molecular flexibility index (Phi) is 6.54. The van der Waals surface area contributed by atoms with Crippen LogP contribution in [0.25, 0.3) is 10.8 Å². The minimum atomic E-state index is -0.546. The van der Waals surface area contributed by atoms with Gasteiger partial charge in [-0.25, -0.2) is 10.2 Å². The van der Waals surface area contributed by atoms with Crippen LogP contribution in [0.4, 0.5) is 0 Å². The minimum absolute atomic E-state index is 0.117. The van der Waals surface area contributed by atoms with Crippen LogP contribution >= 0.6 is 0 Å². The fourth-order valence-corrected chi connectivity index (χ4v) is 3.33. The second-order valence-corrected chi connectivity index (χ2v) is 7.58. The maximum absolute atomic E-state index is 12.5. The summed E-state index contributed by atoms with van der Waals surface area (Å²) in [6, 6.07) is 22.5. The molecular weight excluding hydrogens is 432 g/mol. The topological polar surface area (TPSA) is 97.2 Å². The van der Waals surface area contributed by atoms with Crippen LogP contribution in [0.2, 0.25) is 0 Å². The van der Waals surface area contributed by atoms with Gasteiger partial charge < -0.3 is 14.6 Å². The van der Waals surface area contributed by atoms with E-state index in [0.717, 1.165) is 16.3 Å². The highest BCUT2D eigenvalue weighted by molar-refractivity contribution is 6.01. The molecule has 170 valence electrons. The van der Waals surface area contributed by atoms with Gasteiger partial charge in [0.15, 0.2) is 11.5 Å². The first-order valence-corrected chi connectivity index (χ1v) is 10.5. The Hall–Kier alpha value is -4.65. The molecule has 4 aromatic carbocycles. The van der Waals surface area contributed by atoms with Crippen molar-refractivity contribution in [3.63, 3.8) is 0 Å². The lowest BCUT2D eigenvalue weighted by Gasteiger charge is -2.10. The van der Waals surface area contributed by atoms with E-state index >= 15 is 0 Å². The van der Waals surface area contributed by atoms with Gasteiger partial charge in [-0.3, -0.25) is 4.79 Å². The highest BCUT2D eigenvalue weighted by Gasteiger charge is 2.14. The molecule has 0 aliphatic carbocycles. The Morgan fingerprint density at radius 3 is 2.32 bits per heavy atom. The van der Waals surface area contributed by atoms with Crippen molar-refractivity contribution in [1.82, 2.24) is 5.43 Å². The lowest BCUT2D eigenvalue weighted by molar-refractivity contribution is 0.0729. The summed E-state index contributed by atoms with van der Waals surface area (Å²) in [7, 11) is 1.46. The van der Waals surface area contributed by atoms with Gasteiger partial charge in [-0.2, -0.15) is 5.10 Å². The Labute approximate surface area is 196 Å². The number of carbonyl (C=O) groups excluding carboxylic acids is 2.